The highest BCUT2D eigenvalue weighted by molar-refractivity contribution is 7.71. The lowest BCUT2D eigenvalue weighted by Gasteiger charge is -1.98. The Bertz CT molecular complexity index is 365. The molecule has 0 bridgehead atoms. The van der Waals surface area contributed by atoms with E-state index in [-0.39, 0.29) is 6.42 Å². The molecule has 0 aliphatic carbocycles. The zero-order valence-electron chi connectivity index (χ0n) is 7.43. The molecule has 0 spiro atoms. The lowest BCUT2D eigenvalue weighted by Crippen LogP contribution is -2.21. The minimum absolute atomic E-state index is 0.179. The molecule has 0 aliphatic heterocycles. The van der Waals surface area contributed by atoms with Gasteiger partial charge in [-0.25, -0.2) is 4.72 Å². The standard InChI is InChI=1S/C9H10NO3S/c11-9(10-14(12)13)7-6-8-4-2-1-3-5-8/h1-5H,6-7H2,(H,10,11,12,13). The van der Waals surface area contributed by atoms with Gasteiger partial charge in [-0.05, 0) is 12.0 Å². The average Bonchev–Trinajstić information content (AvgIpc) is 2.15. The van der Waals surface area contributed by atoms with E-state index in [1.807, 2.05) is 30.3 Å². The minimum Gasteiger partial charge on any atom is -0.274 e. The van der Waals surface area contributed by atoms with Crippen LogP contribution in [0.5, 0.6) is 0 Å². The SMILES string of the molecule is O=C(CCc1ccccc1)N[S](=O)=O. The molecule has 14 heavy (non-hydrogen) atoms. The fourth-order valence-corrected chi connectivity index (χ4v) is 1.33. The zero-order valence-corrected chi connectivity index (χ0v) is 8.25. The second-order valence-corrected chi connectivity index (χ2v) is 3.42. The third kappa shape index (κ3) is 3.95. The molecule has 1 aromatic rings. The number of carbonyl (C=O) groups is 1. The number of aryl methyl sites for hydroxylation is 1. The molecule has 75 valence electrons. The first kappa shape index (κ1) is 10.6. The molecule has 0 fully saturated rings. The summed E-state index contributed by atoms with van der Waals surface area (Å²) in [6.45, 7) is 0. The van der Waals surface area contributed by atoms with Crippen LogP contribution in [0.3, 0.4) is 0 Å². The summed E-state index contributed by atoms with van der Waals surface area (Å²) in [5.41, 5.74) is 1.01. The van der Waals surface area contributed by atoms with Crippen molar-refractivity contribution in [1.82, 2.24) is 4.72 Å². The minimum atomic E-state index is -2.50. The Balaban J connectivity index is 2.38. The number of amides is 1. The molecular formula is C9H10NO3S. The van der Waals surface area contributed by atoms with Crippen LogP contribution in [-0.2, 0) is 22.1 Å². The van der Waals surface area contributed by atoms with Gasteiger partial charge in [-0.1, -0.05) is 30.3 Å². The van der Waals surface area contributed by atoms with E-state index in [4.69, 9.17) is 0 Å². The van der Waals surface area contributed by atoms with Crippen molar-refractivity contribution in [3.05, 3.63) is 35.9 Å². The van der Waals surface area contributed by atoms with E-state index in [2.05, 4.69) is 0 Å². The van der Waals surface area contributed by atoms with Crippen LogP contribution < -0.4 is 4.72 Å². The van der Waals surface area contributed by atoms with Gasteiger partial charge in [0.15, 0.2) is 0 Å². The van der Waals surface area contributed by atoms with E-state index in [0.717, 1.165) is 5.56 Å². The normalized spacial score (nSPS) is 9.43. The maximum atomic E-state index is 10.9. The molecule has 0 atom stereocenters. The molecular weight excluding hydrogens is 202 g/mol. The lowest BCUT2D eigenvalue weighted by molar-refractivity contribution is -0.119. The summed E-state index contributed by atoms with van der Waals surface area (Å²) in [5.74, 6) is -0.484. The lowest BCUT2D eigenvalue weighted by atomic mass is 10.1. The molecule has 1 radical (unpaired) electrons. The van der Waals surface area contributed by atoms with Crippen molar-refractivity contribution in [3.8, 4) is 0 Å². The number of hydrogen-bond donors (Lipinski definition) is 1. The summed E-state index contributed by atoms with van der Waals surface area (Å²) in [7, 11) is -2.50. The van der Waals surface area contributed by atoms with Crippen LogP contribution in [-0.4, -0.2) is 14.3 Å². The number of carbonyl (C=O) groups excluding carboxylic acids is 1. The van der Waals surface area contributed by atoms with Crippen molar-refractivity contribution in [3.63, 3.8) is 0 Å². The molecule has 0 unspecified atom stereocenters. The molecule has 0 aromatic heterocycles. The van der Waals surface area contributed by atoms with E-state index >= 15 is 0 Å². The predicted molar refractivity (Wildman–Crippen MR) is 51.8 cm³/mol. The summed E-state index contributed by atoms with van der Waals surface area (Å²) >= 11 is 0. The van der Waals surface area contributed by atoms with Crippen molar-refractivity contribution in [2.75, 3.05) is 0 Å². The summed E-state index contributed by atoms with van der Waals surface area (Å²) in [4.78, 5) is 10.9. The van der Waals surface area contributed by atoms with Gasteiger partial charge in [-0.15, -0.1) is 0 Å². The summed E-state index contributed by atoms with van der Waals surface area (Å²) in [6, 6.07) is 9.41. The third-order valence-electron chi connectivity index (χ3n) is 1.68. The number of benzene rings is 1. The van der Waals surface area contributed by atoms with E-state index < -0.39 is 16.8 Å². The molecule has 4 nitrogen and oxygen atoms in total. The van der Waals surface area contributed by atoms with Crippen molar-refractivity contribution >= 4 is 16.8 Å². The number of rotatable bonds is 4. The molecule has 1 N–H and O–H groups in total. The maximum absolute atomic E-state index is 10.9. The van der Waals surface area contributed by atoms with Gasteiger partial charge in [0.2, 0.25) is 5.91 Å². The molecule has 0 saturated carbocycles. The number of hydrogen-bond acceptors (Lipinski definition) is 3. The summed E-state index contributed by atoms with van der Waals surface area (Å²) in [5, 5.41) is 0. The first-order valence-corrected chi connectivity index (χ1v) is 5.18. The third-order valence-corrected chi connectivity index (χ3v) is 2.08. The Hall–Kier alpha value is -1.49. The Morgan fingerprint density at radius 2 is 1.86 bits per heavy atom. The van der Waals surface area contributed by atoms with E-state index in [1.54, 1.807) is 4.72 Å². The van der Waals surface area contributed by atoms with Gasteiger partial charge in [0.25, 0.3) is 10.9 Å². The highest BCUT2D eigenvalue weighted by Gasteiger charge is 2.02. The van der Waals surface area contributed by atoms with Crippen LogP contribution in [0.1, 0.15) is 12.0 Å². The van der Waals surface area contributed by atoms with Gasteiger partial charge >= 0.3 is 0 Å². The largest absolute Gasteiger partial charge is 0.295 e. The Kier molecular flexibility index (Phi) is 4.00. The molecule has 1 rings (SSSR count). The zero-order chi connectivity index (χ0) is 10.4. The molecule has 5 heteroatoms. The van der Waals surface area contributed by atoms with Gasteiger partial charge in [0, 0.05) is 6.42 Å². The second-order valence-electron chi connectivity index (χ2n) is 2.75. The average molecular weight is 212 g/mol. The molecule has 0 aliphatic rings. The van der Waals surface area contributed by atoms with Crippen molar-refractivity contribution in [1.29, 1.82) is 0 Å². The van der Waals surface area contributed by atoms with Crippen molar-refractivity contribution in [2.24, 2.45) is 0 Å². The van der Waals surface area contributed by atoms with Crippen LogP contribution in [0.4, 0.5) is 0 Å². The topological polar surface area (TPSA) is 63.2 Å². The van der Waals surface area contributed by atoms with Crippen LogP contribution >= 0.6 is 0 Å². The van der Waals surface area contributed by atoms with Gasteiger partial charge in [0.05, 0.1) is 0 Å². The van der Waals surface area contributed by atoms with Gasteiger partial charge < -0.3 is 0 Å². The van der Waals surface area contributed by atoms with Gasteiger partial charge in [-0.2, -0.15) is 8.42 Å². The fourth-order valence-electron chi connectivity index (χ4n) is 1.05. The summed E-state index contributed by atoms with van der Waals surface area (Å²) < 4.78 is 22.0. The quantitative estimate of drug-likeness (QED) is 0.791. The van der Waals surface area contributed by atoms with Crippen LogP contribution in [0, 0.1) is 0 Å². The highest BCUT2D eigenvalue weighted by atomic mass is 32.2. The van der Waals surface area contributed by atoms with Crippen LogP contribution in [0.2, 0.25) is 0 Å². The van der Waals surface area contributed by atoms with E-state index in [0.29, 0.717) is 6.42 Å². The molecule has 0 saturated heterocycles. The predicted octanol–water partition coefficient (Wildman–Crippen LogP) is 0.530. The Morgan fingerprint density at radius 1 is 1.21 bits per heavy atom. The monoisotopic (exact) mass is 212 g/mol. The Morgan fingerprint density at radius 3 is 2.43 bits per heavy atom. The van der Waals surface area contributed by atoms with Gasteiger partial charge in [-0.3, -0.25) is 4.79 Å². The maximum Gasteiger partial charge on any atom is 0.295 e. The summed E-state index contributed by atoms with van der Waals surface area (Å²) in [6.07, 6.45) is 0.724. The number of nitrogens with one attached hydrogen (secondary N) is 1. The van der Waals surface area contributed by atoms with E-state index in [9.17, 15) is 13.2 Å². The molecule has 1 aromatic carbocycles. The van der Waals surface area contributed by atoms with E-state index in [1.165, 1.54) is 0 Å². The fraction of sp³-hybridized carbons (Fsp3) is 0.222. The molecule has 0 heterocycles. The first-order chi connectivity index (χ1) is 6.68. The van der Waals surface area contributed by atoms with Crippen LogP contribution in [0.15, 0.2) is 30.3 Å². The van der Waals surface area contributed by atoms with Crippen LogP contribution in [0.25, 0.3) is 0 Å². The molecule has 1 amide bonds. The van der Waals surface area contributed by atoms with Crippen molar-refractivity contribution in [2.45, 2.75) is 12.8 Å². The first-order valence-electron chi connectivity index (χ1n) is 4.11. The van der Waals surface area contributed by atoms with Crippen molar-refractivity contribution < 1.29 is 13.2 Å². The van der Waals surface area contributed by atoms with Gasteiger partial charge in [0.1, 0.15) is 0 Å². The highest BCUT2D eigenvalue weighted by Crippen LogP contribution is 2.01. The second kappa shape index (κ2) is 5.29. The smallest absolute Gasteiger partial charge is 0.274 e. The Labute approximate surface area is 84.0 Å².